The van der Waals surface area contributed by atoms with Crippen LogP contribution in [0.5, 0.6) is 11.5 Å². The van der Waals surface area contributed by atoms with E-state index < -0.39 is 4.92 Å². The van der Waals surface area contributed by atoms with E-state index in [4.69, 9.17) is 4.74 Å². The second-order valence-corrected chi connectivity index (χ2v) is 3.89. The zero-order valence-corrected chi connectivity index (χ0v) is 10.4. The fraction of sp³-hybridized carbons (Fsp3) is 0.154. The minimum absolute atomic E-state index is 0.0680. The molecule has 2 rings (SSSR count). The Hall–Kier alpha value is -2.47. The van der Waals surface area contributed by atoms with Crippen LogP contribution in [0.3, 0.4) is 0 Å². The van der Waals surface area contributed by atoms with Crippen LogP contribution in [-0.4, -0.2) is 17.0 Å². The number of nitrogens with zero attached hydrogens (tertiary/aromatic N) is 2. The molecule has 2 aromatic rings. The Morgan fingerprint density at radius 3 is 2.89 bits per heavy atom. The number of benzene rings is 1. The van der Waals surface area contributed by atoms with Gasteiger partial charge in [-0.25, -0.2) is 0 Å². The Kier molecular flexibility index (Phi) is 4.04. The van der Waals surface area contributed by atoms with Gasteiger partial charge in [0.15, 0.2) is 0 Å². The molecule has 0 aliphatic heterocycles. The van der Waals surface area contributed by atoms with Crippen LogP contribution in [0.1, 0.15) is 5.56 Å². The highest BCUT2D eigenvalue weighted by Gasteiger charge is 2.14. The Balaban J connectivity index is 2.26. The van der Waals surface area contributed by atoms with Crippen molar-refractivity contribution in [2.45, 2.75) is 6.54 Å². The molecule has 1 heterocycles. The molecule has 0 bridgehead atoms. The summed E-state index contributed by atoms with van der Waals surface area (Å²) in [5.74, 6) is 0.679. The molecule has 0 aliphatic carbocycles. The van der Waals surface area contributed by atoms with Crippen molar-refractivity contribution in [1.29, 1.82) is 0 Å². The molecule has 0 radical (unpaired) electrons. The van der Waals surface area contributed by atoms with Crippen LogP contribution < -0.4 is 10.1 Å². The number of nitro groups is 1. The molecule has 19 heavy (non-hydrogen) atoms. The van der Waals surface area contributed by atoms with Crippen molar-refractivity contribution in [1.82, 2.24) is 10.3 Å². The third kappa shape index (κ3) is 3.26. The number of aromatic nitrogens is 1. The number of nitrogens with one attached hydrogen (secondary N) is 1. The van der Waals surface area contributed by atoms with Crippen LogP contribution in [-0.2, 0) is 6.54 Å². The quantitative estimate of drug-likeness (QED) is 0.659. The van der Waals surface area contributed by atoms with Crippen molar-refractivity contribution in [2.75, 3.05) is 7.05 Å². The van der Waals surface area contributed by atoms with Gasteiger partial charge in [-0.05, 0) is 24.7 Å². The summed E-state index contributed by atoms with van der Waals surface area (Å²) in [5.41, 5.74) is 0.875. The van der Waals surface area contributed by atoms with Crippen molar-refractivity contribution in [3.8, 4) is 11.5 Å². The lowest BCUT2D eigenvalue weighted by molar-refractivity contribution is -0.385. The SMILES string of the molecule is CNCc1cncc(Oc2ccccc2[N+](=O)[O-])c1. The van der Waals surface area contributed by atoms with Crippen molar-refractivity contribution < 1.29 is 9.66 Å². The average molecular weight is 259 g/mol. The molecule has 0 atom stereocenters. The Morgan fingerprint density at radius 2 is 2.16 bits per heavy atom. The van der Waals surface area contributed by atoms with E-state index in [0.717, 1.165) is 5.56 Å². The van der Waals surface area contributed by atoms with Crippen molar-refractivity contribution in [2.24, 2.45) is 0 Å². The van der Waals surface area contributed by atoms with Gasteiger partial charge in [0.25, 0.3) is 0 Å². The van der Waals surface area contributed by atoms with E-state index in [9.17, 15) is 10.1 Å². The van der Waals surface area contributed by atoms with Gasteiger partial charge in [0.05, 0.1) is 11.1 Å². The molecule has 6 heteroatoms. The lowest BCUT2D eigenvalue weighted by Gasteiger charge is -2.07. The van der Waals surface area contributed by atoms with Gasteiger partial charge in [-0.1, -0.05) is 12.1 Å². The fourth-order valence-electron chi connectivity index (χ4n) is 1.64. The number of para-hydroxylation sites is 2. The molecule has 1 aromatic carbocycles. The standard InChI is InChI=1S/C13H13N3O3/c1-14-7-10-6-11(9-15-8-10)19-13-5-3-2-4-12(13)16(17)18/h2-6,8-9,14H,7H2,1H3. The first-order valence-electron chi connectivity index (χ1n) is 5.70. The molecule has 6 nitrogen and oxygen atoms in total. The Labute approximate surface area is 110 Å². The highest BCUT2D eigenvalue weighted by molar-refractivity contribution is 5.47. The molecule has 98 valence electrons. The van der Waals surface area contributed by atoms with E-state index in [1.54, 1.807) is 30.5 Å². The summed E-state index contributed by atoms with van der Waals surface area (Å²) in [7, 11) is 1.83. The van der Waals surface area contributed by atoms with E-state index in [2.05, 4.69) is 10.3 Å². The Morgan fingerprint density at radius 1 is 1.37 bits per heavy atom. The molecule has 0 fully saturated rings. The number of pyridine rings is 1. The molecule has 0 amide bonds. The number of ether oxygens (including phenoxy) is 1. The van der Waals surface area contributed by atoms with Crippen LogP contribution in [0.25, 0.3) is 0 Å². The van der Waals surface area contributed by atoms with Gasteiger partial charge >= 0.3 is 5.69 Å². The molecule has 1 aromatic heterocycles. The van der Waals surface area contributed by atoms with Crippen molar-refractivity contribution in [3.63, 3.8) is 0 Å². The number of hydrogen-bond acceptors (Lipinski definition) is 5. The lowest BCUT2D eigenvalue weighted by Crippen LogP contribution is -2.05. The maximum atomic E-state index is 10.9. The summed E-state index contributed by atoms with van der Waals surface area (Å²) in [6.07, 6.45) is 3.23. The van der Waals surface area contributed by atoms with Gasteiger partial charge < -0.3 is 10.1 Å². The number of rotatable bonds is 5. The minimum Gasteiger partial charge on any atom is -0.448 e. The topological polar surface area (TPSA) is 77.3 Å². The summed E-state index contributed by atoms with van der Waals surface area (Å²) >= 11 is 0. The Bertz CT molecular complexity index is 587. The van der Waals surface area contributed by atoms with Gasteiger partial charge in [-0.3, -0.25) is 15.1 Å². The van der Waals surface area contributed by atoms with Crippen LogP contribution in [0.4, 0.5) is 5.69 Å². The van der Waals surface area contributed by atoms with Gasteiger partial charge in [0, 0.05) is 18.8 Å². The molecule has 0 unspecified atom stereocenters. The maximum Gasteiger partial charge on any atom is 0.311 e. The predicted octanol–water partition coefficient (Wildman–Crippen LogP) is 2.50. The van der Waals surface area contributed by atoms with Crippen molar-refractivity contribution in [3.05, 3.63) is 58.4 Å². The fourth-order valence-corrected chi connectivity index (χ4v) is 1.64. The summed E-state index contributed by atoms with van der Waals surface area (Å²) in [6, 6.07) is 8.04. The van der Waals surface area contributed by atoms with Crippen LogP contribution in [0, 0.1) is 10.1 Å². The van der Waals surface area contributed by atoms with Crippen LogP contribution in [0.2, 0.25) is 0 Å². The summed E-state index contributed by atoms with van der Waals surface area (Å²) < 4.78 is 5.53. The molecule has 0 aliphatic rings. The normalized spacial score (nSPS) is 10.2. The first kappa shape index (κ1) is 13.0. The monoisotopic (exact) mass is 259 g/mol. The summed E-state index contributed by atoms with van der Waals surface area (Å²) in [6.45, 7) is 0.654. The van der Waals surface area contributed by atoms with Gasteiger partial charge in [-0.2, -0.15) is 0 Å². The summed E-state index contributed by atoms with van der Waals surface area (Å²) in [5, 5.41) is 13.9. The second kappa shape index (κ2) is 5.92. The van der Waals surface area contributed by atoms with Crippen molar-refractivity contribution >= 4 is 5.69 Å². The lowest BCUT2D eigenvalue weighted by atomic mass is 10.2. The predicted molar refractivity (Wildman–Crippen MR) is 70.2 cm³/mol. The first-order chi connectivity index (χ1) is 9.20. The smallest absolute Gasteiger partial charge is 0.311 e. The molecule has 1 N–H and O–H groups in total. The average Bonchev–Trinajstić information content (AvgIpc) is 2.40. The zero-order valence-electron chi connectivity index (χ0n) is 10.4. The molecular formula is C13H13N3O3. The van der Waals surface area contributed by atoms with Crippen LogP contribution >= 0.6 is 0 Å². The van der Waals surface area contributed by atoms with Gasteiger partial charge in [-0.15, -0.1) is 0 Å². The number of nitro benzene ring substituents is 1. The highest BCUT2D eigenvalue weighted by Crippen LogP contribution is 2.30. The van der Waals surface area contributed by atoms with Gasteiger partial charge in [0.2, 0.25) is 5.75 Å². The van der Waals surface area contributed by atoms with E-state index in [-0.39, 0.29) is 11.4 Å². The molecule has 0 saturated heterocycles. The maximum absolute atomic E-state index is 10.9. The van der Waals surface area contributed by atoms with E-state index >= 15 is 0 Å². The van der Waals surface area contributed by atoms with E-state index in [1.807, 2.05) is 7.05 Å². The molecule has 0 saturated carbocycles. The largest absolute Gasteiger partial charge is 0.448 e. The van der Waals surface area contributed by atoms with Crippen LogP contribution in [0.15, 0.2) is 42.7 Å². The molecular weight excluding hydrogens is 246 g/mol. The third-order valence-electron chi connectivity index (χ3n) is 2.44. The third-order valence-corrected chi connectivity index (χ3v) is 2.44. The molecule has 0 spiro atoms. The first-order valence-corrected chi connectivity index (χ1v) is 5.70. The van der Waals surface area contributed by atoms with E-state index in [1.165, 1.54) is 12.3 Å². The van der Waals surface area contributed by atoms with E-state index in [0.29, 0.717) is 12.3 Å². The number of hydrogen-bond donors (Lipinski definition) is 1. The minimum atomic E-state index is -0.472. The highest BCUT2D eigenvalue weighted by atomic mass is 16.6. The second-order valence-electron chi connectivity index (χ2n) is 3.89. The zero-order chi connectivity index (χ0) is 13.7. The summed E-state index contributed by atoms with van der Waals surface area (Å²) in [4.78, 5) is 14.4. The van der Waals surface area contributed by atoms with Gasteiger partial charge in [0.1, 0.15) is 5.75 Å².